The number of amides is 1. The number of carbonyl (C=O) groups is 1. The van der Waals surface area contributed by atoms with Gasteiger partial charge in [0.15, 0.2) is 0 Å². The molecule has 0 unspecified atom stereocenters. The van der Waals surface area contributed by atoms with Crippen LogP contribution in [0, 0.1) is 10.1 Å². The first-order chi connectivity index (χ1) is 8.15. The van der Waals surface area contributed by atoms with Crippen LogP contribution in [0.25, 0.3) is 0 Å². The van der Waals surface area contributed by atoms with Crippen molar-refractivity contribution in [1.29, 1.82) is 0 Å². The predicted molar refractivity (Wildman–Crippen MR) is 59.7 cm³/mol. The predicted octanol–water partition coefficient (Wildman–Crippen LogP) is 1.20. The summed E-state index contributed by atoms with van der Waals surface area (Å²) < 4.78 is 4.90. The van der Waals surface area contributed by atoms with E-state index in [1.165, 1.54) is 6.07 Å². The van der Waals surface area contributed by atoms with Crippen LogP contribution in [0.2, 0.25) is 0 Å². The van der Waals surface area contributed by atoms with Crippen LogP contribution in [0.4, 0.5) is 5.69 Å². The van der Waals surface area contributed by atoms with Crippen LogP contribution in [0.5, 0.6) is 0 Å². The van der Waals surface area contributed by atoms with Crippen LogP contribution in [0.15, 0.2) is 18.2 Å². The van der Waals surface area contributed by atoms with Crippen molar-refractivity contribution in [2.24, 2.45) is 0 Å². The van der Waals surface area contributed by atoms with Crippen molar-refractivity contribution in [3.63, 3.8) is 0 Å². The largest absolute Gasteiger partial charge is 0.383 e. The van der Waals surface area contributed by atoms with Gasteiger partial charge in [-0.1, -0.05) is 12.1 Å². The maximum atomic E-state index is 12.0. The third-order valence-electron chi connectivity index (χ3n) is 2.75. The second-order valence-corrected chi connectivity index (χ2v) is 3.79. The molecule has 0 radical (unpaired) electrons. The smallest absolute Gasteiger partial charge is 0.282 e. The van der Waals surface area contributed by atoms with Gasteiger partial charge in [-0.25, -0.2) is 0 Å². The molecule has 1 amide bonds. The highest BCUT2D eigenvalue weighted by Crippen LogP contribution is 2.30. The average Bonchev–Trinajstić information content (AvgIpc) is 2.63. The molecule has 6 nitrogen and oxygen atoms in total. The Hall–Kier alpha value is -1.95. The summed E-state index contributed by atoms with van der Waals surface area (Å²) >= 11 is 0. The molecule has 0 saturated heterocycles. The summed E-state index contributed by atoms with van der Waals surface area (Å²) in [5, 5.41) is 10.8. The first-order valence-electron chi connectivity index (χ1n) is 5.19. The van der Waals surface area contributed by atoms with E-state index in [-0.39, 0.29) is 17.2 Å². The van der Waals surface area contributed by atoms with E-state index in [1.807, 2.05) is 0 Å². The van der Waals surface area contributed by atoms with E-state index in [0.29, 0.717) is 25.3 Å². The van der Waals surface area contributed by atoms with Gasteiger partial charge < -0.3 is 9.64 Å². The molecule has 90 valence electrons. The van der Waals surface area contributed by atoms with Gasteiger partial charge in [0.05, 0.1) is 11.5 Å². The second-order valence-electron chi connectivity index (χ2n) is 3.79. The van der Waals surface area contributed by atoms with Gasteiger partial charge in [-0.2, -0.15) is 0 Å². The zero-order valence-corrected chi connectivity index (χ0v) is 9.38. The number of rotatable bonds is 4. The molecule has 17 heavy (non-hydrogen) atoms. The van der Waals surface area contributed by atoms with Crippen molar-refractivity contribution in [3.8, 4) is 0 Å². The highest BCUT2D eigenvalue weighted by molar-refractivity contribution is 6.02. The Morgan fingerprint density at radius 1 is 1.53 bits per heavy atom. The highest BCUT2D eigenvalue weighted by atomic mass is 16.6. The summed E-state index contributed by atoms with van der Waals surface area (Å²) in [6.07, 6.45) is 0. The topological polar surface area (TPSA) is 72.7 Å². The molecule has 1 aromatic rings. The normalized spacial score (nSPS) is 13.9. The number of carbonyl (C=O) groups excluding carboxylic acids is 1. The second kappa shape index (κ2) is 4.50. The lowest BCUT2D eigenvalue weighted by molar-refractivity contribution is -0.385. The van der Waals surface area contributed by atoms with Crippen molar-refractivity contribution in [3.05, 3.63) is 39.4 Å². The third-order valence-corrected chi connectivity index (χ3v) is 2.75. The van der Waals surface area contributed by atoms with Gasteiger partial charge in [-0.15, -0.1) is 0 Å². The molecule has 0 N–H and O–H groups in total. The van der Waals surface area contributed by atoms with Gasteiger partial charge in [0.1, 0.15) is 5.56 Å². The molecule has 6 heteroatoms. The van der Waals surface area contributed by atoms with E-state index in [1.54, 1.807) is 24.1 Å². The van der Waals surface area contributed by atoms with Gasteiger partial charge in [0.2, 0.25) is 0 Å². The Bertz CT molecular complexity index is 473. The minimum Gasteiger partial charge on any atom is -0.383 e. The van der Waals surface area contributed by atoms with E-state index in [0.717, 1.165) is 0 Å². The SMILES string of the molecule is COCCN1Cc2cccc([N+](=O)[O-])c2C1=O. The Morgan fingerprint density at radius 2 is 2.29 bits per heavy atom. The molecule has 1 aromatic carbocycles. The molecule has 2 rings (SSSR count). The lowest BCUT2D eigenvalue weighted by Crippen LogP contribution is -2.27. The van der Waals surface area contributed by atoms with Crippen LogP contribution in [-0.4, -0.2) is 36.0 Å². The third kappa shape index (κ3) is 1.99. The Morgan fingerprint density at radius 3 is 2.94 bits per heavy atom. The molecule has 1 aliphatic rings. The summed E-state index contributed by atoms with van der Waals surface area (Å²) in [6.45, 7) is 1.29. The Labute approximate surface area is 97.9 Å². The van der Waals surface area contributed by atoms with E-state index < -0.39 is 4.92 Å². The van der Waals surface area contributed by atoms with E-state index >= 15 is 0 Å². The molecular formula is C11H12N2O4. The molecule has 1 aliphatic heterocycles. The Balaban J connectivity index is 2.32. The van der Waals surface area contributed by atoms with Crippen molar-refractivity contribution in [1.82, 2.24) is 4.90 Å². The van der Waals surface area contributed by atoms with Crippen molar-refractivity contribution >= 4 is 11.6 Å². The fraction of sp³-hybridized carbons (Fsp3) is 0.364. The lowest BCUT2D eigenvalue weighted by Gasteiger charge is -2.14. The van der Waals surface area contributed by atoms with Crippen LogP contribution < -0.4 is 0 Å². The fourth-order valence-electron chi connectivity index (χ4n) is 1.94. The maximum Gasteiger partial charge on any atom is 0.282 e. The first-order valence-corrected chi connectivity index (χ1v) is 5.19. The number of fused-ring (bicyclic) bond motifs is 1. The van der Waals surface area contributed by atoms with Gasteiger partial charge in [-0.3, -0.25) is 14.9 Å². The highest BCUT2D eigenvalue weighted by Gasteiger charge is 2.33. The van der Waals surface area contributed by atoms with Crippen molar-refractivity contribution in [2.45, 2.75) is 6.54 Å². The molecule has 0 saturated carbocycles. The standard InChI is InChI=1S/C11H12N2O4/c1-17-6-5-12-7-8-3-2-4-9(13(15)16)10(8)11(12)14/h2-4H,5-7H2,1H3. The molecule has 0 fully saturated rings. The van der Waals surface area contributed by atoms with Crippen LogP contribution in [0.1, 0.15) is 15.9 Å². The summed E-state index contributed by atoms with van der Waals surface area (Å²) in [7, 11) is 1.55. The lowest BCUT2D eigenvalue weighted by atomic mass is 10.1. The number of hydrogen-bond acceptors (Lipinski definition) is 4. The number of nitro benzene ring substituents is 1. The van der Waals surface area contributed by atoms with E-state index in [4.69, 9.17) is 4.74 Å². The van der Waals surface area contributed by atoms with E-state index in [2.05, 4.69) is 0 Å². The van der Waals surface area contributed by atoms with E-state index in [9.17, 15) is 14.9 Å². The number of ether oxygens (including phenoxy) is 1. The first kappa shape index (κ1) is 11.5. The number of methoxy groups -OCH3 is 1. The van der Waals surface area contributed by atoms with Gasteiger partial charge in [0.25, 0.3) is 11.6 Å². The number of nitro groups is 1. The zero-order valence-electron chi connectivity index (χ0n) is 9.38. The Kier molecular flexibility index (Phi) is 3.06. The zero-order chi connectivity index (χ0) is 12.4. The van der Waals surface area contributed by atoms with Gasteiger partial charge in [-0.05, 0) is 5.56 Å². The summed E-state index contributed by atoms with van der Waals surface area (Å²) in [5.74, 6) is -0.288. The molecule has 0 spiro atoms. The number of hydrogen-bond donors (Lipinski definition) is 0. The van der Waals surface area contributed by atoms with Crippen LogP contribution in [0.3, 0.4) is 0 Å². The van der Waals surface area contributed by atoms with Crippen molar-refractivity contribution < 1.29 is 14.5 Å². The van der Waals surface area contributed by atoms with Crippen LogP contribution >= 0.6 is 0 Å². The molecular weight excluding hydrogens is 224 g/mol. The minimum absolute atomic E-state index is 0.118. The van der Waals surface area contributed by atoms with Crippen LogP contribution in [-0.2, 0) is 11.3 Å². The van der Waals surface area contributed by atoms with Crippen molar-refractivity contribution in [2.75, 3.05) is 20.3 Å². The molecule has 0 aliphatic carbocycles. The molecule has 0 bridgehead atoms. The monoisotopic (exact) mass is 236 g/mol. The quantitative estimate of drug-likeness (QED) is 0.581. The molecule has 0 aromatic heterocycles. The fourth-order valence-corrected chi connectivity index (χ4v) is 1.94. The molecule has 1 heterocycles. The van der Waals surface area contributed by atoms with Gasteiger partial charge in [0, 0.05) is 26.3 Å². The summed E-state index contributed by atoms with van der Waals surface area (Å²) in [4.78, 5) is 23.9. The minimum atomic E-state index is -0.517. The summed E-state index contributed by atoms with van der Waals surface area (Å²) in [6, 6.07) is 4.70. The summed E-state index contributed by atoms with van der Waals surface area (Å²) in [5.41, 5.74) is 0.807. The number of benzene rings is 1. The average molecular weight is 236 g/mol. The number of nitrogens with zero attached hydrogens (tertiary/aromatic N) is 2. The molecule has 0 atom stereocenters. The maximum absolute atomic E-state index is 12.0. The van der Waals surface area contributed by atoms with Gasteiger partial charge >= 0.3 is 0 Å².